The lowest BCUT2D eigenvalue weighted by molar-refractivity contribution is 1.17. The minimum absolute atomic E-state index is 1.12. The van der Waals surface area contributed by atoms with Crippen molar-refractivity contribution >= 4 is 6.08 Å². The van der Waals surface area contributed by atoms with Gasteiger partial charge < -0.3 is 0 Å². The molecule has 0 bridgehead atoms. The van der Waals surface area contributed by atoms with Gasteiger partial charge in [0, 0.05) is 0 Å². The summed E-state index contributed by atoms with van der Waals surface area (Å²) in [6.45, 7) is 2.17. The first-order valence-corrected chi connectivity index (χ1v) is 6.24. The van der Waals surface area contributed by atoms with E-state index in [1.165, 1.54) is 27.8 Å². The van der Waals surface area contributed by atoms with Crippen molar-refractivity contribution in [2.24, 2.45) is 0 Å². The molecule has 0 spiro atoms. The van der Waals surface area contributed by atoms with Gasteiger partial charge in [-0.1, -0.05) is 48.0 Å². The molecule has 2 aromatic rings. The lowest BCUT2D eigenvalue weighted by Crippen LogP contribution is -1.91. The Labute approximate surface area is 102 Å². The highest BCUT2D eigenvalue weighted by molar-refractivity contribution is 5.81. The van der Waals surface area contributed by atoms with E-state index in [1.54, 1.807) is 11.1 Å². The Hall–Kier alpha value is -1.82. The van der Waals surface area contributed by atoms with Gasteiger partial charge in [0.15, 0.2) is 0 Å². The van der Waals surface area contributed by atoms with Crippen molar-refractivity contribution < 1.29 is 0 Å². The maximum absolute atomic E-state index is 2.33. The van der Waals surface area contributed by atoms with Gasteiger partial charge in [0.2, 0.25) is 0 Å². The molecular formula is C17H14. The van der Waals surface area contributed by atoms with Crippen molar-refractivity contribution in [3.8, 4) is 11.1 Å². The van der Waals surface area contributed by atoms with Gasteiger partial charge in [0.1, 0.15) is 0 Å². The molecule has 4 rings (SSSR count). The second-order valence-electron chi connectivity index (χ2n) is 5.10. The van der Waals surface area contributed by atoms with E-state index in [1.807, 2.05) is 0 Å². The molecule has 0 N–H and O–H groups in total. The first kappa shape index (κ1) is 9.23. The van der Waals surface area contributed by atoms with Crippen LogP contribution in [0, 0.1) is 6.92 Å². The van der Waals surface area contributed by atoms with E-state index < -0.39 is 0 Å². The first-order chi connectivity index (χ1) is 8.33. The fourth-order valence-corrected chi connectivity index (χ4v) is 3.15. The van der Waals surface area contributed by atoms with E-state index in [4.69, 9.17) is 0 Å². The summed E-state index contributed by atoms with van der Waals surface area (Å²) >= 11 is 0. The third kappa shape index (κ3) is 1.18. The average Bonchev–Trinajstić information content (AvgIpc) is 2.91. The van der Waals surface area contributed by atoms with Gasteiger partial charge in [-0.2, -0.15) is 0 Å². The van der Waals surface area contributed by atoms with Crippen LogP contribution in [0.15, 0.2) is 36.4 Å². The third-order valence-electron chi connectivity index (χ3n) is 4.01. The minimum Gasteiger partial charge on any atom is -0.0795 e. The molecule has 0 radical (unpaired) electrons. The lowest BCUT2D eigenvalue weighted by atomic mass is 9.97. The van der Waals surface area contributed by atoms with E-state index >= 15 is 0 Å². The van der Waals surface area contributed by atoms with Gasteiger partial charge in [-0.3, -0.25) is 0 Å². The van der Waals surface area contributed by atoms with Gasteiger partial charge >= 0.3 is 0 Å². The summed E-state index contributed by atoms with van der Waals surface area (Å²) in [5.41, 5.74) is 10.3. The summed E-state index contributed by atoms with van der Waals surface area (Å²) in [6, 6.07) is 11.4. The summed E-state index contributed by atoms with van der Waals surface area (Å²) in [6.07, 6.45) is 6.77. The Kier molecular flexibility index (Phi) is 1.69. The highest BCUT2D eigenvalue weighted by Crippen LogP contribution is 2.41. The SMILES string of the molecule is Cc1ccc2c(c1)-c1ccc3c(c1C2)CC=C3. The zero-order valence-corrected chi connectivity index (χ0v) is 9.96. The van der Waals surface area contributed by atoms with Crippen molar-refractivity contribution in [3.63, 3.8) is 0 Å². The highest BCUT2D eigenvalue weighted by atomic mass is 14.3. The molecule has 2 aliphatic rings. The van der Waals surface area contributed by atoms with Crippen molar-refractivity contribution in [3.05, 3.63) is 64.2 Å². The Bertz CT molecular complexity index is 660. The molecule has 0 heterocycles. The van der Waals surface area contributed by atoms with Crippen molar-refractivity contribution in [1.82, 2.24) is 0 Å². The molecule has 2 aromatic carbocycles. The van der Waals surface area contributed by atoms with Crippen LogP contribution in [-0.4, -0.2) is 0 Å². The second kappa shape index (κ2) is 3.10. The van der Waals surface area contributed by atoms with Gasteiger partial charge in [-0.05, 0) is 53.1 Å². The monoisotopic (exact) mass is 218 g/mol. The molecule has 17 heavy (non-hydrogen) atoms. The van der Waals surface area contributed by atoms with E-state index in [-0.39, 0.29) is 0 Å². The average molecular weight is 218 g/mol. The second-order valence-corrected chi connectivity index (χ2v) is 5.10. The molecule has 0 heteroatoms. The molecule has 2 aliphatic carbocycles. The molecule has 0 atom stereocenters. The maximum Gasteiger partial charge on any atom is -0.00104 e. The predicted molar refractivity (Wildman–Crippen MR) is 72.2 cm³/mol. The summed E-state index contributed by atoms with van der Waals surface area (Å²) < 4.78 is 0. The molecule has 0 amide bonds. The van der Waals surface area contributed by atoms with Gasteiger partial charge in [-0.15, -0.1) is 0 Å². The molecule has 0 fully saturated rings. The van der Waals surface area contributed by atoms with Crippen molar-refractivity contribution in [1.29, 1.82) is 0 Å². The van der Waals surface area contributed by atoms with Crippen molar-refractivity contribution in [2.45, 2.75) is 19.8 Å². The van der Waals surface area contributed by atoms with Gasteiger partial charge in [0.05, 0.1) is 0 Å². The summed E-state index contributed by atoms with van der Waals surface area (Å²) in [7, 11) is 0. The van der Waals surface area contributed by atoms with Gasteiger partial charge in [0.25, 0.3) is 0 Å². The Morgan fingerprint density at radius 3 is 2.82 bits per heavy atom. The Balaban J connectivity index is 2.00. The maximum atomic E-state index is 2.33. The third-order valence-corrected chi connectivity index (χ3v) is 4.01. The Morgan fingerprint density at radius 2 is 1.88 bits per heavy atom. The van der Waals surface area contributed by atoms with E-state index in [2.05, 4.69) is 49.4 Å². The zero-order valence-electron chi connectivity index (χ0n) is 9.96. The fourth-order valence-electron chi connectivity index (χ4n) is 3.15. The van der Waals surface area contributed by atoms with E-state index in [0.717, 1.165) is 12.8 Å². The number of hydrogen-bond acceptors (Lipinski definition) is 0. The summed E-state index contributed by atoms with van der Waals surface area (Å²) in [4.78, 5) is 0. The van der Waals surface area contributed by atoms with Gasteiger partial charge in [-0.25, -0.2) is 0 Å². The molecule has 0 saturated carbocycles. The molecule has 82 valence electrons. The molecule has 0 nitrogen and oxygen atoms in total. The van der Waals surface area contributed by atoms with Crippen LogP contribution in [0.5, 0.6) is 0 Å². The van der Waals surface area contributed by atoms with Crippen LogP contribution < -0.4 is 0 Å². The number of aryl methyl sites for hydroxylation is 1. The smallest absolute Gasteiger partial charge is 0.00104 e. The van der Waals surface area contributed by atoms with Crippen LogP contribution in [0.3, 0.4) is 0 Å². The highest BCUT2D eigenvalue weighted by Gasteiger charge is 2.23. The fraction of sp³-hybridized carbons (Fsp3) is 0.176. The predicted octanol–water partition coefficient (Wildman–Crippen LogP) is 4.14. The largest absolute Gasteiger partial charge is 0.0795 e. The van der Waals surface area contributed by atoms with E-state index in [9.17, 15) is 0 Å². The standard InChI is InChI=1S/C17H14/c1-11-5-6-13-10-17-14-4-2-3-12(14)7-8-15(17)16(13)9-11/h2-3,5-9H,4,10H2,1H3. The summed E-state index contributed by atoms with van der Waals surface area (Å²) in [5.74, 6) is 0. The lowest BCUT2D eigenvalue weighted by Gasteiger charge is -2.07. The van der Waals surface area contributed by atoms with Crippen LogP contribution in [0.4, 0.5) is 0 Å². The molecular weight excluding hydrogens is 204 g/mol. The number of allylic oxidation sites excluding steroid dienone is 1. The van der Waals surface area contributed by atoms with Crippen LogP contribution in [-0.2, 0) is 12.8 Å². The molecule has 0 unspecified atom stereocenters. The number of hydrogen-bond donors (Lipinski definition) is 0. The van der Waals surface area contributed by atoms with Crippen molar-refractivity contribution in [2.75, 3.05) is 0 Å². The Morgan fingerprint density at radius 1 is 0.941 bits per heavy atom. The normalized spacial score (nSPS) is 14.6. The van der Waals surface area contributed by atoms with Crippen LogP contribution in [0.25, 0.3) is 17.2 Å². The topological polar surface area (TPSA) is 0 Å². The molecule has 0 saturated heterocycles. The summed E-state index contributed by atoms with van der Waals surface area (Å²) in [5, 5.41) is 0. The van der Waals surface area contributed by atoms with Crippen LogP contribution in [0.2, 0.25) is 0 Å². The number of rotatable bonds is 0. The number of fused-ring (bicyclic) bond motifs is 5. The van der Waals surface area contributed by atoms with E-state index in [0.29, 0.717) is 0 Å². The molecule has 0 aromatic heterocycles. The molecule has 0 aliphatic heterocycles. The first-order valence-electron chi connectivity index (χ1n) is 6.24. The van der Waals surface area contributed by atoms with Crippen LogP contribution >= 0.6 is 0 Å². The minimum atomic E-state index is 1.12. The van der Waals surface area contributed by atoms with Crippen LogP contribution in [0.1, 0.15) is 27.8 Å². The quantitative estimate of drug-likeness (QED) is 0.532. The zero-order chi connectivity index (χ0) is 11.4. The number of benzene rings is 2.